The predicted octanol–water partition coefficient (Wildman–Crippen LogP) is 2.23. The van der Waals surface area contributed by atoms with Gasteiger partial charge in [-0.3, -0.25) is 9.59 Å². The molecule has 1 atom stereocenters. The van der Waals surface area contributed by atoms with E-state index in [-0.39, 0.29) is 11.8 Å². The van der Waals surface area contributed by atoms with Crippen molar-refractivity contribution < 1.29 is 9.59 Å². The lowest BCUT2D eigenvalue weighted by atomic mass is 9.82. The molecule has 2 amide bonds. The molecule has 3 saturated carbocycles. The van der Waals surface area contributed by atoms with Gasteiger partial charge in [0.15, 0.2) is 0 Å². The Bertz CT molecular complexity index is 475. The molecule has 0 aromatic carbocycles. The van der Waals surface area contributed by atoms with E-state index in [2.05, 4.69) is 5.32 Å². The minimum Gasteiger partial charge on any atom is -0.340 e. The number of nitrogens with one attached hydrogen (secondary N) is 1. The molecular formula is C17H26N2O2. The number of piperazine rings is 1. The second kappa shape index (κ2) is 4.47. The van der Waals surface area contributed by atoms with Crippen LogP contribution in [0.1, 0.15) is 64.7 Å². The Hall–Kier alpha value is -1.06. The Labute approximate surface area is 126 Å². The highest BCUT2D eigenvalue weighted by Crippen LogP contribution is 2.47. The van der Waals surface area contributed by atoms with E-state index in [4.69, 9.17) is 0 Å². The van der Waals surface area contributed by atoms with Gasteiger partial charge in [0.2, 0.25) is 11.8 Å². The third-order valence-corrected chi connectivity index (χ3v) is 6.28. The maximum absolute atomic E-state index is 13.2. The summed E-state index contributed by atoms with van der Waals surface area (Å²) in [5, 5.41) is 3.14. The summed E-state index contributed by atoms with van der Waals surface area (Å²) >= 11 is 0. The molecule has 4 aliphatic rings. The molecule has 0 aromatic rings. The van der Waals surface area contributed by atoms with Crippen LogP contribution in [0, 0.1) is 11.8 Å². The number of hydrogen-bond acceptors (Lipinski definition) is 2. The molecule has 116 valence electrons. The number of hydrogen-bond donors (Lipinski definition) is 1. The summed E-state index contributed by atoms with van der Waals surface area (Å²) in [6.45, 7) is 2.75. The molecule has 4 nitrogen and oxygen atoms in total. The molecule has 0 aromatic heterocycles. The van der Waals surface area contributed by atoms with Crippen LogP contribution in [0.5, 0.6) is 0 Å². The summed E-state index contributed by atoms with van der Waals surface area (Å²) in [4.78, 5) is 28.1. The van der Waals surface area contributed by atoms with Gasteiger partial charge in [-0.1, -0.05) is 25.7 Å². The molecule has 4 fully saturated rings. The first kappa shape index (κ1) is 13.6. The van der Waals surface area contributed by atoms with E-state index in [1.165, 1.54) is 12.8 Å². The lowest BCUT2D eigenvalue weighted by Gasteiger charge is -2.50. The van der Waals surface area contributed by atoms with E-state index >= 15 is 0 Å². The van der Waals surface area contributed by atoms with Crippen LogP contribution in [0.2, 0.25) is 0 Å². The van der Waals surface area contributed by atoms with E-state index in [1.807, 2.05) is 11.8 Å². The first-order valence-corrected chi connectivity index (χ1v) is 8.71. The van der Waals surface area contributed by atoms with Crippen molar-refractivity contribution in [1.82, 2.24) is 10.2 Å². The largest absolute Gasteiger partial charge is 0.340 e. The number of amides is 2. The molecule has 4 rings (SSSR count). The van der Waals surface area contributed by atoms with E-state index in [1.54, 1.807) is 0 Å². The third kappa shape index (κ3) is 2.01. The van der Waals surface area contributed by atoms with Crippen molar-refractivity contribution in [3.63, 3.8) is 0 Å². The topological polar surface area (TPSA) is 49.4 Å². The van der Waals surface area contributed by atoms with Crippen LogP contribution in [-0.2, 0) is 9.59 Å². The third-order valence-electron chi connectivity index (χ3n) is 6.28. The molecule has 4 heteroatoms. The number of nitrogens with zero attached hydrogens (tertiary/aromatic N) is 1. The Morgan fingerprint density at radius 1 is 1.14 bits per heavy atom. The first-order valence-electron chi connectivity index (χ1n) is 8.71. The molecule has 0 radical (unpaired) electrons. The Morgan fingerprint density at radius 3 is 2.38 bits per heavy atom. The van der Waals surface area contributed by atoms with Crippen molar-refractivity contribution in [2.75, 3.05) is 6.54 Å². The molecule has 1 saturated heterocycles. The average Bonchev–Trinajstić information content (AvgIpc) is 3.36. The molecule has 1 unspecified atom stereocenters. The van der Waals surface area contributed by atoms with Crippen molar-refractivity contribution in [2.45, 2.75) is 75.8 Å². The normalized spacial score (nSPS) is 35.4. The van der Waals surface area contributed by atoms with Crippen molar-refractivity contribution in [3.05, 3.63) is 0 Å². The fourth-order valence-corrected chi connectivity index (χ4v) is 4.43. The fraction of sp³-hybridized carbons (Fsp3) is 0.882. The van der Waals surface area contributed by atoms with Gasteiger partial charge in [0.05, 0.1) is 0 Å². The molecule has 1 N–H and O–H groups in total. The van der Waals surface area contributed by atoms with E-state index in [0.29, 0.717) is 5.92 Å². The zero-order chi connectivity index (χ0) is 14.7. The highest BCUT2D eigenvalue weighted by Gasteiger charge is 2.61. The Kier molecular flexibility index (Phi) is 2.89. The van der Waals surface area contributed by atoms with E-state index in [0.717, 1.165) is 57.4 Å². The molecule has 3 aliphatic carbocycles. The number of carbonyl (C=O) groups excluding carboxylic acids is 2. The zero-order valence-corrected chi connectivity index (χ0v) is 13.0. The average molecular weight is 290 g/mol. The Balaban J connectivity index is 1.63. The number of carbonyl (C=O) groups is 2. The number of rotatable bonds is 4. The minimum absolute atomic E-state index is 0.129. The highest BCUT2D eigenvalue weighted by molar-refractivity contribution is 6.02. The second-order valence-electron chi connectivity index (χ2n) is 7.86. The van der Waals surface area contributed by atoms with Crippen molar-refractivity contribution >= 4 is 11.8 Å². The van der Waals surface area contributed by atoms with Gasteiger partial charge in [-0.2, -0.15) is 0 Å². The summed E-state index contributed by atoms with van der Waals surface area (Å²) in [5.74, 6) is 1.49. The standard InChI is InChI=1S/C17H26N2O2/c1-16(13-6-7-13)15(21)19(11-8-12-4-5-12)17(14(20)18-16)9-2-3-10-17/h12-13H,2-11H2,1H3,(H,18,20). The van der Waals surface area contributed by atoms with Crippen molar-refractivity contribution in [1.29, 1.82) is 0 Å². The van der Waals surface area contributed by atoms with E-state index < -0.39 is 11.1 Å². The molecule has 1 aliphatic heterocycles. The van der Waals surface area contributed by atoms with Gasteiger partial charge >= 0.3 is 0 Å². The molecule has 0 bridgehead atoms. The van der Waals surface area contributed by atoms with Crippen LogP contribution in [0.15, 0.2) is 0 Å². The SMILES string of the molecule is CC1(C2CC2)NC(=O)C2(CCCC2)N(CCC2CC2)C1=O. The van der Waals surface area contributed by atoms with Crippen LogP contribution in [0.3, 0.4) is 0 Å². The van der Waals surface area contributed by atoms with Crippen LogP contribution < -0.4 is 5.32 Å². The van der Waals surface area contributed by atoms with Gasteiger partial charge < -0.3 is 10.2 Å². The van der Waals surface area contributed by atoms with Gasteiger partial charge in [-0.05, 0) is 50.9 Å². The molecule has 21 heavy (non-hydrogen) atoms. The summed E-state index contributed by atoms with van der Waals surface area (Å²) in [6, 6.07) is 0. The fourth-order valence-electron chi connectivity index (χ4n) is 4.43. The first-order chi connectivity index (χ1) is 10.1. The maximum Gasteiger partial charge on any atom is 0.249 e. The van der Waals surface area contributed by atoms with Crippen LogP contribution in [0.4, 0.5) is 0 Å². The zero-order valence-electron chi connectivity index (χ0n) is 13.0. The quantitative estimate of drug-likeness (QED) is 0.863. The van der Waals surface area contributed by atoms with Crippen LogP contribution >= 0.6 is 0 Å². The van der Waals surface area contributed by atoms with Crippen molar-refractivity contribution in [3.8, 4) is 0 Å². The molecular weight excluding hydrogens is 264 g/mol. The highest BCUT2D eigenvalue weighted by atomic mass is 16.2. The van der Waals surface area contributed by atoms with Gasteiger partial charge in [0.25, 0.3) is 0 Å². The van der Waals surface area contributed by atoms with Gasteiger partial charge in [-0.25, -0.2) is 0 Å². The van der Waals surface area contributed by atoms with Gasteiger partial charge in [0, 0.05) is 6.54 Å². The molecule has 1 spiro atoms. The summed E-state index contributed by atoms with van der Waals surface area (Å²) in [7, 11) is 0. The van der Waals surface area contributed by atoms with Crippen LogP contribution in [0.25, 0.3) is 0 Å². The monoisotopic (exact) mass is 290 g/mol. The van der Waals surface area contributed by atoms with E-state index in [9.17, 15) is 9.59 Å². The minimum atomic E-state index is -0.630. The second-order valence-corrected chi connectivity index (χ2v) is 7.86. The van der Waals surface area contributed by atoms with Crippen molar-refractivity contribution in [2.24, 2.45) is 11.8 Å². The summed E-state index contributed by atoms with van der Waals surface area (Å²) < 4.78 is 0. The van der Waals surface area contributed by atoms with Crippen LogP contribution in [-0.4, -0.2) is 34.3 Å². The van der Waals surface area contributed by atoms with Gasteiger partial charge in [-0.15, -0.1) is 0 Å². The summed E-state index contributed by atoms with van der Waals surface area (Å²) in [6.07, 6.45) is 9.70. The lowest BCUT2D eigenvalue weighted by molar-refractivity contribution is -0.163. The van der Waals surface area contributed by atoms with Gasteiger partial charge in [0.1, 0.15) is 11.1 Å². The predicted molar refractivity (Wildman–Crippen MR) is 79.5 cm³/mol. The molecule has 1 heterocycles. The lowest BCUT2D eigenvalue weighted by Crippen LogP contribution is -2.75. The smallest absolute Gasteiger partial charge is 0.249 e. The Morgan fingerprint density at radius 2 is 1.81 bits per heavy atom. The summed E-state index contributed by atoms with van der Waals surface area (Å²) in [5.41, 5.74) is -1.14. The maximum atomic E-state index is 13.2.